The molecule has 1 aromatic heterocycles. The van der Waals surface area contributed by atoms with Crippen molar-refractivity contribution in [3.8, 4) is 16.5 Å². The maximum Gasteiger partial charge on any atom is 0.350 e. The highest BCUT2D eigenvalue weighted by Gasteiger charge is 2.21. The first-order chi connectivity index (χ1) is 9.10. The molecular weight excluding hydrogens is 260 g/mol. The fourth-order valence-corrected chi connectivity index (χ4v) is 2.99. The Bertz CT molecular complexity index is 683. The molecule has 4 nitrogen and oxygen atoms in total. The quantitative estimate of drug-likeness (QED) is 0.853. The highest BCUT2D eigenvalue weighted by atomic mass is 32.1. The van der Waals surface area contributed by atoms with Gasteiger partial charge in [0.15, 0.2) is 0 Å². The minimum absolute atomic E-state index is 0.378. The molecule has 0 aliphatic carbocycles. The van der Waals surface area contributed by atoms with Gasteiger partial charge in [-0.1, -0.05) is 18.2 Å². The molecule has 0 bridgehead atoms. The smallest absolute Gasteiger partial charge is 0.350 e. The molecule has 96 valence electrons. The van der Waals surface area contributed by atoms with Crippen molar-refractivity contribution >= 4 is 23.0 Å². The highest BCUT2D eigenvalue weighted by molar-refractivity contribution is 7.18. The molecule has 0 saturated heterocycles. The molecule has 0 unspecified atom stereocenters. The van der Waals surface area contributed by atoms with E-state index < -0.39 is 5.97 Å². The van der Waals surface area contributed by atoms with Gasteiger partial charge in [-0.3, -0.25) is 0 Å². The van der Waals surface area contributed by atoms with Crippen molar-refractivity contribution in [2.24, 2.45) is 0 Å². The third-order valence-electron chi connectivity index (χ3n) is 2.86. The molecule has 1 heterocycles. The largest absolute Gasteiger partial charge is 0.465 e. The van der Waals surface area contributed by atoms with E-state index in [2.05, 4.69) is 6.07 Å². The zero-order valence-electron chi connectivity index (χ0n) is 10.6. The number of nitrogens with zero attached hydrogens (tertiary/aromatic N) is 1. The minimum Gasteiger partial charge on any atom is -0.465 e. The molecular formula is C14H12N2O2S. The number of anilines is 1. The second-order valence-corrected chi connectivity index (χ2v) is 4.97. The summed E-state index contributed by atoms with van der Waals surface area (Å²) >= 11 is 1.25. The van der Waals surface area contributed by atoms with Crippen molar-refractivity contribution in [1.29, 1.82) is 5.26 Å². The van der Waals surface area contributed by atoms with Crippen LogP contribution < -0.4 is 5.73 Å². The Balaban J connectivity index is 2.65. The van der Waals surface area contributed by atoms with Crippen molar-refractivity contribution in [2.75, 3.05) is 12.8 Å². The first kappa shape index (κ1) is 13.1. The van der Waals surface area contributed by atoms with Gasteiger partial charge in [-0.05, 0) is 18.6 Å². The number of carbonyl (C=O) groups is 1. The molecule has 0 aliphatic rings. The van der Waals surface area contributed by atoms with E-state index in [1.54, 1.807) is 12.1 Å². The third-order valence-corrected chi connectivity index (χ3v) is 4.18. The van der Waals surface area contributed by atoms with Crippen molar-refractivity contribution in [3.63, 3.8) is 0 Å². The van der Waals surface area contributed by atoms with Crippen molar-refractivity contribution in [1.82, 2.24) is 0 Å². The lowest BCUT2D eigenvalue weighted by atomic mass is 10.0. The molecule has 2 N–H and O–H groups in total. The fourth-order valence-electron chi connectivity index (χ4n) is 1.81. The van der Waals surface area contributed by atoms with Crippen molar-refractivity contribution < 1.29 is 9.53 Å². The van der Waals surface area contributed by atoms with Gasteiger partial charge in [0.05, 0.1) is 24.4 Å². The number of carbonyl (C=O) groups excluding carboxylic acids is 1. The number of nitrogen functional groups attached to an aromatic ring is 1. The molecule has 5 heteroatoms. The van der Waals surface area contributed by atoms with E-state index in [1.807, 2.05) is 19.1 Å². The molecule has 0 saturated carbocycles. The molecule has 2 aromatic rings. The van der Waals surface area contributed by atoms with Gasteiger partial charge in [0.1, 0.15) is 4.88 Å². The first-order valence-electron chi connectivity index (χ1n) is 5.56. The Morgan fingerprint density at radius 2 is 2.11 bits per heavy atom. The number of nitrogens with two attached hydrogens (primary N) is 1. The molecule has 0 fully saturated rings. The second kappa shape index (κ2) is 5.12. The van der Waals surface area contributed by atoms with Crippen LogP contribution in [0.3, 0.4) is 0 Å². The minimum atomic E-state index is -0.453. The number of rotatable bonds is 2. The summed E-state index contributed by atoms with van der Waals surface area (Å²) in [5, 5.41) is 9.13. The fraction of sp³-hybridized carbons (Fsp3) is 0.143. The first-order valence-corrected chi connectivity index (χ1v) is 6.38. The average Bonchev–Trinajstić information content (AvgIpc) is 2.74. The van der Waals surface area contributed by atoms with E-state index in [1.165, 1.54) is 18.4 Å². The summed E-state index contributed by atoms with van der Waals surface area (Å²) in [4.78, 5) is 12.8. The summed E-state index contributed by atoms with van der Waals surface area (Å²) in [6.45, 7) is 1.84. The van der Waals surface area contributed by atoms with Crippen LogP contribution in [0, 0.1) is 18.3 Å². The summed E-state index contributed by atoms with van der Waals surface area (Å²) < 4.78 is 4.70. The number of hydrogen-bond donors (Lipinski definition) is 1. The predicted octanol–water partition coefficient (Wildman–Crippen LogP) is 2.96. The van der Waals surface area contributed by atoms with E-state index in [0.29, 0.717) is 16.1 Å². The summed E-state index contributed by atoms with van der Waals surface area (Å²) in [6, 6.07) is 9.38. The maximum absolute atomic E-state index is 11.6. The standard InChI is InChI=1S/C14H12N2O2S/c1-8-11(16)13(14(17)18-2)19-12(8)10-6-4-3-5-9(10)7-15/h3-6H,16H2,1-2H3. The summed E-state index contributed by atoms with van der Waals surface area (Å²) in [7, 11) is 1.32. The SMILES string of the molecule is COC(=O)c1sc(-c2ccccc2C#N)c(C)c1N. The van der Waals surface area contributed by atoms with Crippen LogP contribution in [0.5, 0.6) is 0 Å². The topological polar surface area (TPSA) is 76.1 Å². The monoisotopic (exact) mass is 272 g/mol. The van der Waals surface area contributed by atoms with Crippen LogP contribution in [-0.4, -0.2) is 13.1 Å². The Hall–Kier alpha value is -2.32. The predicted molar refractivity (Wildman–Crippen MR) is 75.0 cm³/mol. The molecule has 19 heavy (non-hydrogen) atoms. The van der Waals surface area contributed by atoms with E-state index >= 15 is 0 Å². The summed E-state index contributed by atoms with van der Waals surface area (Å²) in [5.41, 5.74) is 8.50. The second-order valence-electron chi connectivity index (χ2n) is 3.95. The van der Waals surface area contributed by atoms with Gasteiger partial charge < -0.3 is 10.5 Å². The number of nitriles is 1. The Kier molecular flexibility index (Phi) is 3.54. The van der Waals surface area contributed by atoms with Crippen LogP contribution in [0.25, 0.3) is 10.4 Å². The third kappa shape index (κ3) is 2.18. The zero-order chi connectivity index (χ0) is 14.0. The molecule has 0 radical (unpaired) electrons. The van der Waals surface area contributed by atoms with Gasteiger partial charge in [-0.15, -0.1) is 11.3 Å². The highest BCUT2D eigenvalue weighted by Crippen LogP contribution is 2.39. The van der Waals surface area contributed by atoms with Gasteiger partial charge in [0, 0.05) is 10.4 Å². The van der Waals surface area contributed by atoms with Gasteiger partial charge in [0.25, 0.3) is 0 Å². The van der Waals surface area contributed by atoms with Crippen molar-refractivity contribution in [3.05, 3.63) is 40.3 Å². The van der Waals surface area contributed by atoms with Gasteiger partial charge in [0.2, 0.25) is 0 Å². The Labute approximate surface area is 115 Å². The molecule has 0 amide bonds. The van der Waals surface area contributed by atoms with Crippen molar-refractivity contribution in [2.45, 2.75) is 6.92 Å². The Morgan fingerprint density at radius 3 is 2.74 bits per heavy atom. The number of thiophene rings is 1. The van der Waals surface area contributed by atoms with Crippen LogP contribution >= 0.6 is 11.3 Å². The van der Waals surface area contributed by atoms with Crippen LogP contribution in [0.2, 0.25) is 0 Å². The van der Waals surface area contributed by atoms with Gasteiger partial charge in [-0.25, -0.2) is 4.79 Å². The van der Waals surface area contributed by atoms with Gasteiger partial charge >= 0.3 is 5.97 Å². The lowest BCUT2D eigenvalue weighted by Gasteiger charge is -2.02. The molecule has 0 aliphatic heterocycles. The Morgan fingerprint density at radius 1 is 1.42 bits per heavy atom. The average molecular weight is 272 g/mol. The normalized spacial score (nSPS) is 9.95. The zero-order valence-corrected chi connectivity index (χ0v) is 11.4. The summed E-state index contributed by atoms with van der Waals surface area (Å²) in [5.74, 6) is -0.453. The number of methoxy groups -OCH3 is 1. The lowest BCUT2D eigenvalue weighted by Crippen LogP contribution is -2.01. The molecule has 0 atom stereocenters. The summed E-state index contributed by atoms with van der Waals surface area (Å²) in [6.07, 6.45) is 0. The maximum atomic E-state index is 11.6. The van der Waals surface area contributed by atoms with Crippen LogP contribution in [0.1, 0.15) is 20.8 Å². The van der Waals surface area contributed by atoms with Crippen LogP contribution in [0.4, 0.5) is 5.69 Å². The van der Waals surface area contributed by atoms with E-state index in [-0.39, 0.29) is 0 Å². The van der Waals surface area contributed by atoms with E-state index in [4.69, 9.17) is 15.7 Å². The molecule has 0 spiro atoms. The van der Waals surface area contributed by atoms with E-state index in [9.17, 15) is 4.79 Å². The number of hydrogen-bond acceptors (Lipinski definition) is 5. The lowest BCUT2D eigenvalue weighted by molar-refractivity contribution is 0.0607. The number of benzene rings is 1. The van der Waals surface area contributed by atoms with Gasteiger partial charge in [-0.2, -0.15) is 5.26 Å². The number of ether oxygens (including phenoxy) is 1. The van der Waals surface area contributed by atoms with Crippen LogP contribution in [0.15, 0.2) is 24.3 Å². The van der Waals surface area contributed by atoms with Crippen LogP contribution in [-0.2, 0) is 4.74 Å². The van der Waals surface area contributed by atoms with E-state index in [0.717, 1.165) is 16.0 Å². The molecule has 2 rings (SSSR count). The number of esters is 1. The molecule has 1 aromatic carbocycles.